The molecule has 1 aromatic rings. The molecular formula is C14H22FNO. The van der Waals surface area contributed by atoms with Gasteiger partial charge in [0, 0.05) is 24.2 Å². The molecule has 1 unspecified atom stereocenters. The minimum absolute atomic E-state index is 0.214. The van der Waals surface area contributed by atoms with E-state index < -0.39 is 0 Å². The number of rotatable bonds is 6. The number of benzene rings is 1. The summed E-state index contributed by atoms with van der Waals surface area (Å²) in [4.78, 5) is 0. The van der Waals surface area contributed by atoms with E-state index in [4.69, 9.17) is 4.74 Å². The molecule has 3 heteroatoms. The maximum atomic E-state index is 13.6. The van der Waals surface area contributed by atoms with Crippen molar-refractivity contribution in [1.82, 2.24) is 5.32 Å². The summed E-state index contributed by atoms with van der Waals surface area (Å²) in [6, 6.07) is 5.37. The lowest BCUT2D eigenvalue weighted by molar-refractivity contribution is 0.409. The topological polar surface area (TPSA) is 21.3 Å². The van der Waals surface area contributed by atoms with Crippen molar-refractivity contribution in [3.8, 4) is 5.75 Å². The molecule has 0 radical (unpaired) electrons. The van der Waals surface area contributed by atoms with E-state index in [1.54, 1.807) is 12.1 Å². The van der Waals surface area contributed by atoms with Crippen molar-refractivity contribution in [2.45, 2.75) is 39.8 Å². The highest BCUT2D eigenvalue weighted by Gasteiger charge is 2.07. The fourth-order valence-corrected chi connectivity index (χ4v) is 1.87. The normalized spacial score (nSPS) is 12.8. The van der Waals surface area contributed by atoms with Gasteiger partial charge in [-0.05, 0) is 25.3 Å². The third kappa shape index (κ3) is 4.73. The van der Waals surface area contributed by atoms with Crippen molar-refractivity contribution in [3.63, 3.8) is 0 Å². The standard InChI is InChI=1S/C14H22FNO/c1-10(2)7-11(3)16-9-12-5-6-13(17-4)8-14(12)15/h5-6,8,10-11,16H,7,9H2,1-4H3. The molecule has 0 saturated heterocycles. The van der Waals surface area contributed by atoms with Crippen LogP contribution in [0.25, 0.3) is 0 Å². The Morgan fingerprint density at radius 2 is 2.00 bits per heavy atom. The molecule has 0 aliphatic heterocycles. The molecule has 0 spiro atoms. The van der Waals surface area contributed by atoms with Gasteiger partial charge in [-0.1, -0.05) is 19.9 Å². The molecule has 1 rings (SSSR count). The molecule has 0 bridgehead atoms. The molecular weight excluding hydrogens is 217 g/mol. The van der Waals surface area contributed by atoms with Crippen LogP contribution in [-0.2, 0) is 6.54 Å². The van der Waals surface area contributed by atoms with Gasteiger partial charge in [0.1, 0.15) is 11.6 Å². The van der Waals surface area contributed by atoms with Crippen molar-refractivity contribution in [2.75, 3.05) is 7.11 Å². The van der Waals surface area contributed by atoms with E-state index in [0.717, 1.165) is 6.42 Å². The van der Waals surface area contributed by atoms with Crippen LogP contribution in [0, 0.1) is 11.7 Å². The smallest absolute Gasteiger partial charge is 0.131 e. The van der Waals surface area contributed by atoms with Crippen LogP contribution in [0.5, 0.6) is 5.75 Å². The fraction of sp³-hybridized carbons (Fsp3) is 0.571. The molecule has 0 heterocycles. The van der Waals surface area contributed by atoms with Gasteiger partial charge in [-0.25, -0.2) is 4.39 Å². The first-order chi connectivity index (χ1) is 8.02. The Morgan fingerprint density at radius 1 is 1.29 bits per heavy atom. The summed E-state index contributed by atoms with van der Waals surface area (Å²) in [6.45, 7) is 7.06. The number of hydrogen-bond donors (Lipinski definition) is 1. The van der Waals surface area contributed by atoms with E-state index >= 15 is 0 Å². The van der Waals surface area contributed by atoms with E-state index in [-0.39, 0.29) is 5.82 Å². The average Bonchev–Trinajstić information content (AvgIpc) is 2.26. The van der Waals surface area contributed by atoms with E-state index in [1.165, 1.54) is 13.2 Å². The van der Waals surface area contributed by atoms with E-state index in [9.17, 15) is 4.39 Å². The Morgan fingerprint density at radius 3 is 2.53 bits per heavy atom. The highest BCUT2D eigenvalue weighted by atomic mass is 19.1. The third-order valence-electron chi connectivity index (χ3n) is 2.73. The molecule has 1 atom stereocenters. The molecule has 0 aromatic heterocycles. The number of halogens is 1. The predicted molar refractivity (Wildman–Crippen MR) is 68.7 cm³/mol. The zero-order valence-corrected chi connectivity index (χ0v) is 11.1. The number of ether oxygens (including phenoxy) is 1. The molecule has 0 saturated carbocycles. The zero-order chi connectivity index (χ0) is 12.8. The second kappa shape index (κ2) is 6.60. The maximum absolute atomic E-state index is 13.6. The molecule has 0 fully saturated rings. The number of methoxy groups -OCH3 is 1. The largest absolute Gasteiger partial charge is 0.497 e. The lowest BCUT2D eigenvalue weighted by Crippen LogP contribution is -2.27. The van der Waals surface area contributed by atoms with Crippen LogP contribution in [0.3, 0.4) is 0 Å². The van der Waals surface area contributed by atoms with Crippen LogP contribution in [-0.4, -0.2) is 13.2 Å². The Labute approximate surface area is 103 Å². The Bertz CT molecular complexity index is 352. The Kier molecular flexibility index (Phi) is 5.42. The lowest BCUT2D eigenvalue weighted by atomic mass is 10.0. The first-order valence-corrected chi connectivity index (χ1v) is 6.08. The van der Waals surface area contributed by atoms with Crippen LogP contribution in [0.15, 0.2) is 18.2 Å². The highest BCUT2D eigenvalue weighted by molar-refractivity contribution is 5.28. The van der Waals surface area contributed by atoms with Gasteiger partial charge < -0.3 is 10.1 Å². The minimum Gasteiger partial charge on any atom is -0.497 e. The summed E-state index contributed by atoms with van der Waals surface area (Å²) < 4.78 is 18.6. The first kappa shape index (κ1) is 14.0. The number of nitrogens with one attached hydrogen (secondary N) is 1. The highest BCUT2D eigenvalue weighted by Crippen LogP contribution is 2.16. The molecule has 0 aliphatic rings. The van der Waals surface area contributed by atoms with Crippen molar-refractivity contribution in [1.29, 1.82) is 0 Å². The first-order valence-electron chi connectivity index (χ1n) is 6.08. The van der Waals surface area contributed by atoms with Gasteiger partial charge in [-0.3, -0.25) is 0 Å². The van der Waals surface area contributed by atoms with Crippen LogP contribution in [0.4, 0.5) is 4.39 Å². The lowest BCUT2D eigenvalue weighted by Gasteiger charge is -2.16. The third-order valence-corrected chi connectivity index (χ3v) is 2.73. The second-order valence-corrected chi connectivity index (χ2v) is 4.87. The fourth-order valence-electron chi connectivity index (χ4n) is 1.87. The van der Waals surface area contributed by atoms with Crippen LogP contribution < -0.4 is 10.1 Å². The Balaban J connectivity index is 2.51. The van der Waals surface area contributed by atoms with E-state index in [2.05, 4.69) is 26.1 Å². The van der Waals surface area contributed by atoms with Gasteiger partial charge in [0.2, 0.25) is 0 Å². The van der Waals surface area contributed by atoms with Gasteiger partial charge in [-0.15, -0.1) is 0 Å². The predicted octanol–water partition coefficient (Wildman–Crippen LogP) is 3.36. The van der Waals surface area contributed by atoms with Crippen LogP contribution >= 0.6 is 0 Å². The van der Waals surface area contributed by atoms with Crippen molar-refractivity contribution in [3.05, 3.63) is 29.6 Å². The van der Waals surface area contributed by atoms with Gasteiger partial charge in [0.05, 0.1) is 7.11 Å². The maximum Gasteiger partial charge on any atom is 0.131 e. The molecule has 0 aliphatic carbocycles. The monoisotopic (exact) mass is 239 g/mol. The van der Waals surface area contributed by atoms with Crippen LogP contribution in [0.1, 0.15) is 32.8 Å². The van der Waals surface area contributed by atoms with Crippen molar-refractivity contribution < 1.29 is 9.13 Å². The number of hydrogen-bond acceptors (Lipinski definition) is 2. The Hall–Kier alpha value is -1.09. The van der Waals surface area contributed by atoms with E-state index in [1.807, 2.05) is 0 Å². The van der Waals surface area contributed by atoms with Gasteiger partial charge in [0.25, 0.3) is 0 Å². The van der Waals surface area contributed by atoms with Gasteiger partial charge in [-0.2, -0.15) is 0 Å². The minimum atomic E-state index is -0.214. The summed E-state index contributed by atoms with van der Waals surface area (Å²) in [5.41, 5.74) is 0.682. The van der Waals surface area contributed by atoms with Crippen molar-refractivity contribution >= 4 is 0 Å². The molecule has 0 amide bonds. The molecule has 1 aromatic carbocycles. The molecule has 17 heavy (non-hydrogen) atoms. The van der Waals surface area contributed by atoms with Crippen molar-refractivity contribution in [2.24, 2.45) is 5.92 Å². The molecule has 2 nitrogen and oxygen atoms in total. The SMILES string of the molecule is COc1ccc(CNC(C)CC(C)C)c(F)c1. The quantitative estimate of drug-likeness (QED) is 0.822. The van der Waals surface area contributed by atoms with Gasteiger partial charge in [0.15, 0.2) is 0 Å². The zero-order valence-electron chi connectivity index (χ0n) is 11.1. The van der Waals surface area contributed by atoms with E-state index in [0.29, 0.717) is 29.8 Å². The summed E-state index contributed by atoms with van der Waals surface area (Å²) in [5.74, 6) is 0.994. The summed E-state index contributed by atoms with van der Waals surface area (Å²) in [5, 5.41) is 3.33. The summed E-state index contributed by atoms with van der Waals surface area (Å²) >= 11 is 0. The average molecular weight is 239 g/mol. The second-order valence-electron chi connectivity index (χ2n) is 4.87. The van der Waals surface area contributed by atoms with Crippen LogP contribution in [0.2, 0.25) is 0 Å². The summed E-state index contributed by atoms with van der Waals surface area (Å²) in [6.07, 6.45) is 1.10. The molecule has 1 N–H and O–H groups in total. The molecule has 96 valence electrons. The van der Waals surface area contributed by atoms with Gasteiger partial charge >= 0.3 is 0 Å². The summed E-state index contributed by atoms with van der Waals surface area (Å²) in [7, 11) is 1.54.